The number of nitriles is 1. The molecule has 0 N–H and O–H groups in total. The zero-order valence-corrected chi connectivity index (χ0v) is 10.8. The zero-order valence-electron chi connectivity index (χ0n) is 8.35. The molecule has 4 nitrogen and oxygen atoms in total. The average Bonchev–Trinajstić information content (AvgIpc) is 2.75. The van der Waals surface area contributed by atoms with E-state index in [1.807, 2.05) is 12.1 Å². The van der Waals surface area contributed by atoms with Crippen LogP contribution < -0.4 is 0 Å². The highest BCUT2D eigenvalue weighted by Gasteiger charge is 2.25. The molecule has 84 valence electrons. The topological polar surface area (TPSA) is 53.3 Å². The number of ether oxygens (including phenoxy) is 1. The van der Waals surface area contributed by atoms with E-state index in [-0.39, 0.29) is 5.91 Å². The molecule has 16 heavy (non-hydrogen) atoms. The van der Waals surface area contributed by atoms with Crippen LogP contribution in [-0.2, 0) is 4.74 Å². The summed E-state index contributed by atoms with van der Waals surface area (Å²) in [5.74, 6) is -0.0285. The lowest BCUT2D eigenvalue weighted by Crippen LogP contribution is -2.44. The van der Waals surface area contributed by atoms with Crippen LogP contribution in [0.2, 0.25) is 0 Å². The summed E-state index contributed by atoms with van der Waals surface area (Å²) in [6.07, 6.45) is -0.499. The van der Waals surface area contributed by atoms with Gasteiger partial charge in [0.25, 0.3) is 5.91 Å². The monoisotopic (exact) mass is 300 g/mol. The number of hydrogen-bond donors (Lipinski definition) is 0. The van der Waals surface area contributed by atoms with Gasteiger partial charge in [0.05, 0.1) is 27.9 Å². The normalized spacial score (nSPS) is 20.5. The summed E-state index contributed by atoms with van der Waals surface area (Å²) in [4.78, 5) is 14.4. The van der Waals surface area contributed by atoms with Crippen LogP contribution in [0.5, 0.6) is 0 Å². The first-order valence-corrected chi connectivity index (χ1v) is 6.37. The van der Waals surface area contributed by atoms with Gasteiger partial charge in [-0.05, 0) is 28.1 Å². The van der Waals surface area contributed by atoms with Gasteiger partial charge in [-0.3, -0.25) is 4.79 Å². The van der Waals surface area contributed by atoms with Gasteiger partial charge in [0.2, 0.25) is 0 Å². The molecule has 0 saturated carbocycles. The first kappa shape index (κ1) is 11.6. The molecule has 1 saturated heterocycles. The predicted octanol–water partition coefficient (Wildman–Crippen LogP) is 1.88. The van der Waals surface area contributed by atoms with Gasteiger partial charge < -0.3 is 9.64 Å². The second-order valence-corrected chi connectivity index (χ2v) is 5.81. The minimum absolute atomic E-state index is 0.0285. The lowest BCUT2D eigenvalue weighted by molar-refractivity contribution is 0.00369. The van der Waals surface area contributed by atoms with Crippen LogP contribution in [0, 0.1) is 11.3 Å². The minimum atomic E-state index is -0.499. The molecule has 1 unspecified atom stereocenters. The van der Waals surface area contributed by atoms with Crippen LogP contribution in [0.15, 0.2) is 15.9 Å². The van der Waals surface area contributed by atoms with E-state index in [2.05, 4.69) is 15.9 Å². The van der Waals surface area contributed by atoms with Crippen molar-refractivity contribution < 1.29 is 9.53 Å². The largest absolute Gasteiger partial charge is 0.360 e. The second kappa shape index (κ2) is 4.95. The Morgan fingerprint density at radius 1 is 1.69 bits per heavy atom. The van der Waals surface area contributed by atoms with Crippen molar-refractivity contribution >= 4 is 33.2 Å². The Kier molecular flexibility index (Phi) is 3.59. The Morgan fingerprint density at radius 3 is 3.12 bits per heavy atom. The number of hydrogen-bond acceptors (Lipinski definition) is 4. The van der Waals surface area contributed by atoms with E-state index in [0.29, 0.717) is 24.6 Å². The Labute approximate surface area is 106 Å². The lowest BCUT2D eigenvalue weighted by atomic mass is 10.3. The smallest absolute Gasteiger partial charge is 0.264 e. The maximum atomic E-state index is 12.0. The van der Waals surface area contributed by atoms with Crippen LogP contribution >= 0.6 is 27.3 Å². The quantitative estimate of drug-likeness (QED) is 0.796. The van der Waals surface area contributed by atoms with Crippen molar-refractivity contribution in [3.63, 3.8) is 0 Å². The molecule has 1 amide bonds. The molecule has 2 heterocycles. The molecule has 1 aliphatic heterocycles. The lowest BCUT2D eigenvalue weighted by Gasteiger charge is -2.29. The molecule has 0 aromatic carbocycles. The summed E-state index contributed by atoms with van der Waals surface area (Å²) in [5, 5.41) is 8.75. The molecule has 0 radical (unpaired) electrons. The number of carbonyl (C=O) groups is 1. The Hall–Kier alpha value is -0.900. The summed E-state index contributed by atoms with van der Waals surface area (Å²) < 4.78 is 6.12. The summed E-state index contributed by atoms with van der Waals surface area (Å²) in [6, 6.07) is 5.66. The molecular formula is C10H9BrN2O2S. The number of amides is 1. The fraction of sp³-hybridized carbons (Fsp3) is 0.400. The van der Waals surface area contributed by atoms with Crippen molar-refractivity contribution in [1.29, 1.82) is 5.26 Å². The van der Waals surface area contributed by atoms with Crippen molar-refractivity contribution in [3.05, 3.63) is 20.8 Å². The fourth-order valence-electron chi connectivity index (χ4n) is 1.50. The van der Waals surface area contributed by atoms with Gasteiger partial charge >= 0.3 is 0 Å². The number of rotatable bonds is 1. The van der Waals surface area contributed by atoms with Crippen LogP contribution in [0.3, 0.4) is 0 Å². The molecule has 1 aromatic rings. The molecular weight excluding hydrogens is 292 g/mol. The van der Waals surface area contributed by atoms with E-state index in [0.717, 1.165) is 3.79 Å². The Morgan fingerprint density at radius 2 is 2.50 bits per heavy atom. The van der Waals surface area contributed by atoms with Crippen LogP contribution in [0.1, 0.15) is 9.67 Å². The molecule has 1 atom stereocenters. The molecule has 0 aliphatic carbocycles. The van der Waals surface area contributed by atoms with E-state index in [1.165, 1.54) is 11.3 Å². The third-order valence-electron chi connectivity index (χ3n) is 2.28. The van der Waals surface area contributed by atoms with Crippen LogP contribution in [-0.4, -0.2) is 36.6 Å². The van der Waals surface area contributed by atoms with Gasteiger partial charge in [-0.1, -0.05) is 0 Å². The maximum absolute atomic E-state index is 12.0. The number of halogens is 1. The first-order chi connectivity index (χ1) is 7.70. The molecule has 6 heteroatoms. The SMILES string of the molecule is N#CC1CN(C(=O)c2ccc(Br)s2)CCO1. The molecule has 1 aromatic heterocycles. The van der Waals surface area contributed by atoms with Crippen LogP contribution in [0.25, 0.3) is 0 Å². The highest BCUT2D eigenvalue weighted by atomic mass is 79.9. The third-order valence-corrected chi connectivity index (χ3v) is 3.89. The summed E-state index contributed by atoms with van der Waals surface area (Å²) in [6.45, 7) is 1.33. The fourth-order valence-corrected chi connectivity index (χ4v) is 2.85. The zero-order chi connectivity index (χ0) is 11.5. The van der Waals surface area contributed by atoms with E-state index in [1.54, 1.807) is 11.0 Å². The number of thiophene rings is 1. The number of carbonyl (C=O) groups excluding carboxylic acids is 1. The van der Waals surface area contributed by atoms with Crippen molar-refractivity contribution in [1.82, 2.24) is 4.90 Å². The molecule has 1 fully saturated rings. The maximum Gasteiger partial charge on any atom is 0.264 e. The van der Waals surface area contributed by atoms with Gasteiger partial charge in [-0.25, -0.2) is 0 Å². The van der Waals surface area contributed by atoms with Gasteiger partial charge in [0.15, 0.2) is 6.10 Å². The summed E-state index contributed by atoms with van der Waals surface area (Å²) in [5.41, 5.74) is 0. The van der Waals surface area contributed by atoms with E-state index >= 15 is 0 Å². The van der Waals surface area contributed by atoms with Crippen molar-refractivity contribution in [2.24, 2.45) is 0 Å². The van der Waals surface area contributed by atoms with Crippen LogP contribution in [0.4, 0.5) is 0 Å². The Bertz CT molecular complexity index is 440. The molecule has 0 spiro atoms. The highest BCUT2D eigenvalue weighted by Crippen LogP contribution is 2.23. The standard InChI is InChI=1S/C10H9BrN2O2S/c11-9-2-1-8(16-9)10(14)13-3-4-15-7(5-12)6-13/h1-2,7H,3-4,6H2. The van der Waals surface area contributed by atoms with Crippen molar-refractivity contribution in [3.8, 4) is 6.07 Å². The minimum Gasteiger partial charge on any atom is -0.360 e. The average molecular weight is 301 g/mol. The van der Waals surface area contributed by atoms with Gasteiger partial charge in [0, 0.05) is 6.54 Å². The highest BCUT2D eigenvalue weighted by molar-refractivity contribution is 9.11. The molecule has 1 aliphatic rings. The summed E-state index contributed by atoms with van der Waals surface area (Å²) in [7, 11) is 0. The Balaban J connectivity index is 2.08. The van der Waals surface area contributed by atoms with E-state index in [9.17, 15) is 4.79 Å². The molecule has 2 rings (SSSR count). The van der Waals surface area contributed by atoms with Crippen molar-refractivity contribution in [2.45, 2.75) is 6.10 Å². The van der Waals surface area contributed by atoms with Gasteiger partial charge in [-0.15, -0.1) is 11.3 Å². The van der Waals surface area contributed by atoms with E-state index < -0.39 is 6.10 Å². The van der Waals surface area contributed by atoms with Crippen molar-refractivity contribution in [2.75, 3.05) is 19.7 Å². The van der Waals surface area contributed by atoms with Gasteiger partial charge in [-0.2, -0.15) is 5.26 Å². The molecule has 0 bridgehead atoms. The first-order valence-electron chi connectivity index (χ1n) is 4.76. The van der Waals surface area contributed by atoms with Gasteiger partial charge in [0.1, 0.15) is 0 Å². The second-order valence-electron chi connectivity index (χ2n) is 3.34. The summed E-state index contributed by atoms with van der Waals surface area (Å²) >= 11 is 4.72. The van der Waals surface area contributed by atoms with E-state index in [4.69, 9.17) is 10.00 Å². The third kappa shape index (κ3) is 2.43. The number of nitrogens with zero attached hydrogens (tertiary/aromatic N) is 2. The number of morpholine rings is 1. The predicted molar refractivity (Wildman–Crippen MR) is 63.3 cm³/mol.